The number of halogens is 1. The Bertz CT molecular complexity index is 355. The van der Waals surface area contributed by atoms with E-state index < -0.39 is 0 Å². The fourth-order valence-corrected chi connectivity index (χ4v) is 1.64. The number of hydrogen-bond donors (Lipinski definition) is 1. The maximum absolute atomic E-state index is 11.8. The van der Waals surface area contributed by atoms with E-state index in [-0.39, 0.29) is 17.1 Å². The fraction of sp³-hybridized carbons (Fsp3) is 0.500. The Labute approximate surface area is 101 Å². The number of amides is 1. The molecule has 0 aliphatic heterocycles. The molecule has 1 atom stereocenters. The summed E-state index contributed by atoms with van der Waals surface area (Å²) < 4.78 is 0. The van der Waals surface area contributed by atoms with Crippen LogP contribution in [0.2, 0.25) is 5.15 Å². The molecule has 1 aromatic rings. The number of nitrogens with zero attached hydrogens (tertiary/aromatic N) is 1. The van der Waals surface area contributed by atoms with Crippen LogP contribution in [0.1, 0.15) is 43.5 Å². The quantitative estimate of drug-likeness (QED) is 0.804. The van der Waals surface area contributed by atoms with Gasteiger partial charge in [-0.1, -0.05) is 31.4 Å². The Morgan fingerprint density at radius 3 is 3.00 bits per heavy atom. The third-order valence-electron chi connectivity index (χ3n) is 2.37. The average Bonchev–Trinajstić information content (AvgIpc) is 2.26. The largest absolute Gasteiger partial charge is 0.349 e. The lowest BCUT2D eigenvalue weighted by molar-refractivity contribution is 0.0938. The highest BCUT2D eigenvalue weighted by Gasteiger charge is 2.12. The lowest BCUT2D eigenvalue weighted by atomic mass is 10.1. The van der Waals surface area contributed by atoms with Gasteiger partial charge in [-0.2, -0.15) is 0 Å². The van der Waals surface area contributed by atoms with E-state index in [0.717, 1.165) is 19.3 Å². The normalized spacial score (nSPS) is 12.2. The van der Waals surface area contributed by atoms with Gasteiger partial charge in [-0.15, -0.1) is 0 Å². The predicted octanol–water partition coefficient (Wildman–Crippen LogP) is 3.04. The number of unbranched alkanes of at least 4 members (excludes halogenated alkanes) is 1. The molecule has 0 spiro atoms. The lowest BCUT2D eigenvalue weighted by Gasteiger charge is -2.13. The van der Waals surface area contributed by atoms with Gasteiger partial charge in [0.1, 0.15) is 5.15 Å². The van der Waals surface area contributed by atoms with Crippen molar-refractivity contribution < 1.29 is 4.79 Å². The van der Waals surface area contributed by atoms with Gasteiger partial charge in [0, 0.05) is 12.2 Å². The van der Waals surface area contributed by atoms with Gasteiger partial charge in [0.25, 0.3) is 5.91 Å². The predicted molar refractivity (Wildman–Crippen MR) is 65.7 cm³/mol. The van der Waals surface area contributed by atoms with Crippen LogP contribution in [0, 0.1) is 0 Å². The Hall–Kier alpha value is -1.09. The third-order valence-corrected chi connectivity index (χ3v) is 2.67. The van der Waals surface area contributed by atoms with Gasteiger partial charge >= 0.3 is 0 Å². The summed E-state index contributed by atoms with van der Waals surface area (Å²) in [5.74, 6) is -0.151. The zero-order valence-electron chi connectivity index (χ0n) is 9.66. The van der Waals surface area contributed by atoms with Crippen molar-refractivity contribution in [2.75, 3.05) is 0 Å². The third kappa shape index (κ3) is 3.81. The van der Waals surface area contributed by atoms with E-state index in [1.807, 2.05) is 6.92 Å². The first-order valence-corrected chi connectivity index (χ1v) is 5.94. The fourth-order valence-electron chi connectivity index (χ4n) is 1.44. The monoisotopic (exact) mass is 240 g/mol. The van der Waals surface area contributed by atoms with Gasteiger partial charge in [0.2, 0.25) is 0 Å². The van der Waals surface area contributed by atoms with E-state index in [0.29, 0.717) is 5.56 Å². The van der Waals surface area contributed by atoms with Gasteiger partial charge in [-0.3, -0.25) is 4.79 Å². The molecule has 1 rings (SSSR count). The first-order chi connectivity index (χ1) is 7.65. The van der Waals surface area contributed by atoms with Crippen LogP contribution in [-0.2, 0) is 0 Å². The Kier molecular flexibility index (Phi) is 5.26. The second-order valence-electron chi connectivity index (χ2n) is 3.86. The molecular weight excluding hydrogens is 224 g/mol. The molecule has 0 aliphatic carbocycles. The molecule has 88 valence electrons. The minimum Gasteiger partial charge on any atom is -0.349 e. The van der Waals surface area contributed by atoms with E-state index in [9.17, 15) is 4.79 Å². The molecule has 0 saturated heterocycles. The number of hydrogen-bond acceptors (Lipinski definition) is 2. The highest BCUT2D eigenvalue weighted by Crippen LogP contribution is 2.11. The minimum atomic E-state index is -0.151. The molecule has 0 radical (unpaired) electrons. The van der Waals surface area contributed by atoms with Crippen molar-refractivity contribution in [1.82, 2.24) is 10.3 Å². The Balaban J connectivity index is 2.56. The molecule has 1 amide bonds. The molecule has 0 aliphatic rings. The molecule has 16 heavy (non-hydrogen) atoms. The maximum atomic E-state index is 11.8. The number of pyridine rings is 1. The van der Waals surface area contributed by atoms with Crippen molar-refractivity contribution >= 4 is 17.5 Å². The van der Waals surface area contributed by atoms with Gasteiger partial charge in [0.15, 0.2) is 0 Å². The highest BCUT2D eigenvalue weighted by atomic mass is 35.5. The van der Waals surface area contributed by atoms with Crippen LogP contribution < -0.4 is 5.32 Å². The number of carbonyl (C=O) groups excluding carboxylic acids is 1. The SMILES string of the molecule is CCCCC(C)NC(=O)c1cccnc1Cl. The lowest BCUT2D eigenvalue weighted by Crippen LogP contribution is -2.32. The summed E-state index contributed by atoms with van der Waals surface area (Å²) in [5.41, 5.74) is 0.438. The van der Waals surface area contributed by atoms with Gasteiger partial charge < -0.3 is 5.32 Å². The standard InChI is InChI=1S/C12H17ClN2O/c1-3-4-6-9(2)15-12(16)10-7-5-8-14-11(10)13/h5,7-9H,3-4,6H2,1-2H3,(H,15,16). The smallest absolute Gasteiger partial charge is 0.254 e. The summed E-state index contributed by atoms with van der Waals surface area (Å²) in [6.45, 7) is 4.13. The molecule has 0 fully saturated rings. The number of aromatic nitrogens is 1. The molecule has 1 aromatic heterocycles. The van der Waals surface area contributed by atoms with E-state index in [1.165, 1.54) is 0 Å². The zero-order valence-corrected chi connectivity index (χ0v) is 10.4. The second kappa shape index (κ2) is 6.48. The van der Waals surface area contributed by atoms with Crippen LogP contribution in [0.25, 0.3) is 0 Å². The summed E-state index contributed by atoms with van der Waals surface area (Å²) in [5, 5.41) is 3.16. The molecule has 0 aromatic carbocycles. The van der Waals surface area contributed by atoms with E-state index in [2.05, 4.69) is 17.2 Å². The number of carbonyl (C=O) groups is 1. The van der Waals surface area contributed by atoms with Crippen LogP contribution in [0.4, 0.5) is 0 Å². The molecule has 0 saturated carbocycles. The van der Waals surface area contributed by atoms with Crippen molar-refractivity contribution in [2.24, 2.45) is 0 Å². The average molecular weight is 241 g/mol. The van der Waals surface area contributed by atoms with Crippen molar-refractivity contribution in [1.29, 1.82) is 0 Å². The molecule has 1 unspecified atom stereocenters. The van der Waals surface area contributed by atoms with Gasteiger partial charge in [-0.05, 0) is 25.5 Å². The topological polar surface area (TPSA) is 42.0 Å². The summed E-state index contributed by atoms with van der Waals surface area (Å²) in [6, 6.07) is 3.55. The van der Waals surface area contributed by atoms with E-state index in [4.69, 9.17) is 11.6 Å². The Morgan fingerprint density at radius 1 is 1.62 bits per heavy atom. The summed E-state index contributed by atoms with van der Waals surface area (Å²) >= 11 is 5.83. The molecule has 4 heteroatoms. The summed E-state index contributed by atoms with van der Waals surface area (Å²) in [7, 11) is 0. The van der Waals surface area contributed by atoms with Crippen molar-refractivity contribution in [3.05, 3.63) is 29.0 Å². The first kappa shape index (κ1) is 13.0. The van der Waals surface area contributed by atoms with Crippen LogP contribution in [0.3, 0.4) is 0 Å². The minimum absolute atomic E-state index is 0.151. The van der Waals surface area contributed by atoms with E-state index in [1.54, 1.807) is 18.3 Å². The highest BCUT2D eigenvalue weighted by molar-refractivity contribution is 6.32. The van der Waals surface area contributed by atoms with Gasteiger partial charge in [-0.25, -0.2) is 4.98 Å². The number of nitrogens with one attached hydrogen (secondary N) is 1. The number of rotatable bonds is 5. The molecule has 0 bridgehead atoms. The summed E-state index contributed by atoms with van der Waals surface area (Å²) in [6.07, 6.45) is 4.80. The first-order valence-electron chi connectivity index (χ1n) is 5.56. The summed E-state index contributed by atoms with van der Waals surface area (Å²) in [4.78, 5) is 15.7. The van der Waals surface area contributed by atoms with Crippen LogP contribution in [-0.4, -0.2) is 16.9 Å². The molecule has 1 heterocycles. The van der Waals surface area contributed by atoms with Crippen LogP contribution >= 0.6 is 11.6 Å². The van der Waals surface area contributed by atoms with Crippen molar-refractivity contribution in [3.8, 4) is 0 Å². The molecular formula is C12H17ClN2O. The Morgan fingerprint density at radius 2 is 2.38 bits per heavy atom. The molecule has 1 N–H and O–H groups in total. The van der Waals surface area contributed by atoms with Crippen LogP contribution in [0.5, 0.6) is 0 Å². The zero-order chi connectivity index (χ0) is 12.0. The van der Waals surface area contributed by atoms with Gasteiger partial charge in [0.05, 0.1) is 5.56 Å². The van der Waals surface area contributed by atoms with Crippen LogP contribution in [0.15, 0.2) is 18.3 Å². The second-order valence-corrected chi connectivity index (χ2v) is 4.22. The van der Waals surface area contributed by atoms with Crippen molar-refractivity contribution in [3.63, 3.8) is 0 Å². The maximum Gasteiger partial charge on any atom is 0.254 e. The van der Waals surface area contributed by atoms with E-state index >= 15 is 0 Å². The van der Waals surface area contributed by atoms with Crippen molar-refractivity contribution in [2.45, 2.75) is 39.2 Å². The molecule has 3 nitrogen and oxygen atoms in total.